The van der Waals surface area contributed by atoms with Crippen LogP contribution in [0.4, 0.5) is 0 Å². The fourth-order valence-corrected chi connectivity index (χ4v) is 3.13. The average Bonchev–Trinajstić information content (AvgIpc) is 2.87. The van der Waals surface area contributed by atoms with E-state index in [-0.39, 0.29) is 5.91 Å². The molecule has 1 heterocycles. The predicted octanol–water partition coefficient (Wildman–Crippen LogP) is 4.50. The van der Waals surface area contributed by atoms with Gasteiger partial charge in [0.05, 0.1) is 11.2 Å². The van der Waals surface area contributed by atoms with Crippen LogP contribution in [0.2, 0.25) is 0 Å². The molecule has 0 unspecified atom stereocenters. The molecule has 146 valence electrons. The highest BCUT2D eigenvalue weighted by molar-refractivity contribution is 6.56. The van der Waals surface area contributed by atoms with Crippen molar-refractivity contribution in [2.45, 2.75) is 45.8 Å². The largest absolute Gasteiger partial charge is 0.492 e. The summed E-state index contributed by atoms with van der Waals surface area (Å²) in [5, 5.41) is 2.89. The van der Waals surface area contributed by atoms with E-state index in [9.17, 15) is 4.79 Å². The predicted molar refractivity (Wildman–Crippen MR) is 115 cm³/mol. The van der Waals surface area contributed by atoms with E-state index in [1.54, 1.807) is 0 Å². The number of amides is 1. The number of hydrogen-bond donors (Lipinski definition) is 1. The Bertz CT molecular complexity index is 858. The van der Waals surface area contributed by atoms with Crippen molar-refractivity contribution in [3.8, 4) is 11.1 Å². The molecular formula is C23H28BNO3. The van der Waals surface area contributed by atoms with E-state index in [1.165, 1.54) is 6.92 Å². The third-order valence-electron chi connectivity index (χ3n) is 5.48. The number of nitrogens with one attached hydrogen (secondary N) is 1. The Hall–Kier alpha value is -2.37. The maximum atomic E-state index is 11.5. The summed E-state index contributed by atoms with van der Waals surface area (Å²) in [6.07, 6.45) is 2.07. The van der Waals surface area contributed by atoms with Crippen LogP contribution in [0.1, 0.15) is 40.2 Å². The highest BCUT2D eigenvalue weighted by Gasteiger charge is 2.52. The van der Waals surface area contributed by atoms with E-state index in [4.69, 9.17) is 9.31 Å². The summed E-state index contributed by atoms with van der Waals surface area (Å²) >= 11 is 0. The number of carbonyl (C=O) groups excluding carboxylic acids is 1. The summed E-state index contributed by atoms with van der Waals surface area (Å²) in [5.41, 5.74) is 3.33. The van der Waals surface area contributed by atoms with Gasteiger partial charge in [-0.1, -0.05) is 60.7 Å². The van der Waals surface area contributed by atoms with Crippen LogP contribution >= 0.6 is 0 Å². The topological polar surface area (TPSA) is 47.6 Å². The summed E-state index contributed by atoms with van der Waals surface area (Å²) in [6, 6.07) is 18.5. The van der Waals surface area contributed by atoms with E-state index in [0.29, 0.717) is 6.54 Å². The lowest BCUT2D eigenvalue weighted by Gasteiger charge is -2.32. The van der Waals surface area contributed by atoms with Gasteiger partial charge in [-0.05, 0) is 49.9 Å². The summed E-state index contributed by atoms with van der Waals surface area (Å²) in [4.78, 5) is 11.5. The van der Waals surface area contributed by atoms with E-state index in [2.05, 4.69) is 35.7 Å². The van der Waals surface area contributed by atoms with E-state index in [1.807, 2.05) is 58.0 Å². The van der Waals surface area contributed by atoms with Crippen molar-refractivity contribution in [1.29, 1.82) is 0 Å². The van der Waals surface area contributed by atoms with Gasteiger partial charge in [-0.25, -0.2) is 0 Å². The molecule has 1 amide bonds. The monoisotopic (exact) mass is 377 g/mol. The summed E-state index contributed by atoms with van der Waals surface area (Å²) in [7, 11) is -0.513. The molecule has 2 aromatic rings. The smallest absolute Gasteiger partial charge is 0.400 e. The summed E-state index contributed by atoms with van der Waals surface area (Å²) < 4.78 is 12.5. The van der Waals surface area contributed by atoms with E-state index < -0.39 is 18.3 Å². The van der Waals surface area contributed by atoms with Crippen LogP contribution in [-0.2, 0) is 14.1 Å². The Morgan fingerprint density at radius 1 is 0.964 bits per heavy atom. The second kappa shape index (κ2) is 7.94. The molecule has 28 heavy (non-hydrogen) atoms. The molecular weight excluding hydrogens is 349 g/mol. The van der Waals surface area contributed by atoms with Crippen molar-refractivity contribution in [1.82, 2.24) is 5.32 Å². The lowest BCUT2D eigenvalue weighted by molar-refractivity contribution is -0.118. The molecule has 0 aromatic heterocycles. The highest BCUT2D eigenvalue weighted by Crippen LogP contribution is 2.39. The van der Waals surface area contributed by atoms with Crippen LogP contribution in [0.25, 0.3) is 17.2 Å². The molecule has 1 aliphatic rings. The molecule has 0 radical (unpaired) electrons. The Morgan fingerprint density at radius 2 is 1.54 bits per heavy atom. The third-order valence-corrected chi connectivity index (χ3v) is 5.48. The van der Waals surface area contributed by atoms with Gasteiger partial charge in [0.15, 0.2) is 0 Å². The van der Waals surface area contributed by atoms with Crippen LogP contribution < -0.4 is 5.32 Å². The van der Waals surface area contributed by atoms with Gasteiger partial charge in [0.2, 0.25) is 5.91 Å². The second-order valence-corrected chi connectivity index (χ2v) is 8.17. The van der Waals surface area contributed by atoms with Crippen molar-refractivity contribution >= 4 is 19.1 Å². The van der Waals surface area contributed by atoms with Gasteiger partial charge in [-0.3, -0.25) is 4.79 Å². The van der Waals surface area contributed by atoms with Gasteiger partial charge in [0.25, 0.3) is 0 Å². The van der Waals surface area contributed by atoms with Gasteiger partial charge in [-0.15, -0.1) is 0 Å². The number of benzene rings is 2. The molecule has 0 bridgehead atoms. The minimum atomic E-state index is -0.513. The van der Waals surface area contributed by atoms with E-state index in [0.717, 1.165) is 22.2 Å². The zero-order chi connectivity index (χ0) is 20.4. The maximum absolute atomic E-state index is 11.5. The van der Waals surface area contributed by atoms with Crippen molar-refractivity contribution in [3.63, 3.8) is 0 Å². The Morgan fingerprint density at radius 3 is 2.14 bits per heavy atom. The SMILES string of the molecule is CC(=O)NCC(=Cc1ccccc1-c1ccccc1)B1OC(C)(C)C(C)(C)O1. The average molecular weight is 377 g/mol. The zero-order valence-corrected chi connectivity index (χ0v) is 17.3. The second-order valence-electron chi connectivity index (χ2n) is 8.17. The Balaban J connectivity index is 2.00. The van der Waals surface area contributed by atoms with Gasteiger partial charge < -0.3 is 14.6 Å². The van der Waals surface area contributed by atoms with Crippen molar-refractivity contribution in [2.24, 2.45) is 0 Å². The lowest BCUT2D eigenvalue weighted by Crippen LogP contribution is -2.41. The molecule has 2 aromatic carbocycles. The van der Waals surface area contributed by atoms with Crippen LogP contribution in [0.3, 0.4) is 0 Å². The van der Waals surface area contributed by atoms with Crippen LogP contribution in [-0.4, -0.2) is 30.8 Å². The molecule has 5 heteroatoms. The molecule has 1 saturated heterocycles. The normalized spacial score (nSPS) is 18.2. The molecule has 0 atom stereocenters. The van der Waals surface area contributed by atoms with Crippen molar-refractivity contribution in [2.75, 3.05) is 6.54 Å². The third kappa shape index (κ3) is 4.37. The van der Waals surface area contributed by atoms with Crippen LogP contribution in [0.15, 0.2) is 60.1 Å². The van der Waals surface area contributed by atoms with Crippen LogP contribution in [0.5, 0.6) is 0 Å². The van der Waals surface area contributed by atoms with Gasteiger partial charge in [0, 0.05) is 13.5 Å². The first-order valence-electron chi connectivity index (χ1n) is 9.64. The minimum absolute atomic E-state index is 0.0845. The summed E-state index contributed by atoms with van der Waals surface area (Å²) in [5.74, 6) is -0.0845. The molecule has 1 aliphatic heterocycles. The lowest BCUT2D eigenvalue weighted by atomic mass is 9.76. The van der Waals surface area contributed by atoms with E-state index >= 15 is 0 Å². The quantitative estimate of drug-likeness (QED) is 0.781. The molecule has 1 fully saturated rings. The zero-order valence-electron chi connectivity index (χ0n) is 17.3. The minimum Gasteiger partial charge on any atom is -0.400 e. The molecule has 4 nitrogen and oxygen atoms in total. The fourth-order valence-electron chi connectivity index (χ4n) is 3.13. The molecule has 0 saturated carbocycles. The first kappa shape index (κ1) is 20.4. The highest BCUT2D eigenvalue weighted by atomic mass is 16.7. The molecule has 0 spiro atoms. The Kier molecular flexibility index (Phi) is 5.78. The standard InChI is InChI=1S/C23H28BNO3/c1-17(26)25-16-20(24-27-22(2,3)23(4,5)28-24)15-19-13-9-10-14-21(19)18-11-7-6-8-12-18/h6-15H,16H2,1-5H3,(H,25,26). The molecule has 0 aliphatic carbocycles. The van der Waals surface area contributed by atoms with Gasteiger partial charge in [-0.2, -0.15) is 0 Å². The molecule has 3 rings (SSSR count). The van der Waals surface area contributed by atoms with Gasteiger partial charge in [0.1, 0.15) is 0 Å². The maximum Gasteiger partial charge on any atom is 0.492 e. The fraction of sp³-hybridized carbons (Fsp3) is 0.348. The Labute approximate surface area is 168 Å². The molecule has 1 N–H and O–H groups in total. The number of hydrogen-bond acceptors (Lipinski definition) is 3. The van der Waals surface area contributed by atoms with Crippen molar-refractivity contribution < 1.29 is 14.1 Å². The number of rotatable bonds is 5. The van der Waals surface area contributed by atoms with Crippen LogP contribution in [0, 0.1) is 0 Å². The van der Waals surface area contributed by atoms with Gasteiger partial charge >= 0.3 is 7.12 Å². The first-order chi connectivity index (χ1) is 13.2. The number of carbonyl (C=O) groups is 1. The van der Waals surface area contributed by atoms with Crippen molar-refractivity contribution in [3.05, 3.63) is 65.6 Å². The first-order valence-corrected chi connectivity index (χ1v) is 9.64. The summed E-state index contributed by atoms with van der Waals surface area (Å²) in [6.45, 7) is 10.00.